The van der Waals surface area contributed by atoms with Crippen LogP contribution in [0.5, 0.6) is 11.5 Å². The van der Waals surface area contributed by atoms with Gasteiger partial charge in [0.2, 0.25) is 5.91 Å². The highest BCUT2D eigenvalue weighted by molar-refractivity contribution is 7.80. The molecule has 224 valence electrons. The molecule has 2 aromatic heterocycles. The Hall–Kier alpha value is -4.78. The van der Waals surface area contributed by atoms with Gasteiger partial charge in [-0.2, -0.15) is 0 Å². The molecule has 0 unspecified atom stereocenters. The van der Waals surface area contributed by atoms with Crippen LogP contribution in [0.2, 0.25) is 0 Å². The Morgan fingerprint density at radius 2 is 1.75 bits per heavy atom. The topological polar surface area (TPSA) is 102 Å². The number of fused-ring (bicyclic) bond motifs is 1. The second-order valence-electron chi connectivity index (χ2n) is 9.48. The van der Waals surface area contributed by atoms with Gasteiger partial charge in [-0.25, -0.2) is 8.78 Å². The number of thiocarbonyl (C=S) groups is 1. The number of ether oxygens (including phenoxy) is 2. The number of anilines is 1. The highest BCUT2D eigenvalue weighted by Gasteiger charge is 2.15. The van der Waals surface area contributed by atoms with Crippen molar-refractivity contribution in [2.24, 2.45) is 0 Å². The summed E-state index contributed by atoms with van der Waals surface area (Å²) in [6, 6.07) is 20.9. The monoisotopic (exact) mass is 632 g/mol. The van der Waals surface area contributed by atoms with Crippen molar-refractivity contribution in [2.45, 2.75) is 6.42 Å². The van der Waals surface area contributed by atoms with E-state index in [4.69, 9.17) is 21.7 Å². The van der Waals surface area contributed by atoms with E-state index >= 15 is 4.39 Å². The van der Waals surface area contributed by atoms with Gasteiger partial charge in [0.05, 0.1) is 23.2 Å². The number of amides is 2. The second-order valence-corrected chi connectivity index (χ2v) is 10.9. The summed E-state index contributed by atoms with van der Waals surface area (Å²) >= 11 is 6.59. The molecule has 12 heteroatoms. The Morgan fingerprint density at radius 1 is 0.955 bits per heavy atom. The largest absolute Gasteiger partial charge is 0.453 e. The number of pyridine rings is 1. The molecule has 3 aromatic carbocycles. The molecule has 44 heavy (non-hydrogen) atoms. The van der Waals surface area contributed by atoms with E-state index < -0.39 is 17.5 Å². The lowest BCUT2D eigenvalue weighted by Gasteiger charge is -2.12. The predicted octanol–water partition coefficient (Wildman–Crippen LogP) is 6.47. The molecule has 0 spiro atoms. The van der Waals surface area contributed by atoms with E-state index in [0.29, 0.717) is 35.7 Å². The van der Waals surface area contributed by atoms with E-state index in [-0.39, 0.29) is 28.8 Å². The van der Waals surface area contributed by atoms with Crippen LogP contribution in [-0.2, 0) is 16.0 Å². The zero-order valence-electron chi connectivity index (χ0n) is 23.4. The summed E-state index contributed by atoms with van der Waals surface area (Å²) in [5.41, 5.74) is 2.64. The molecule has 5 rings (SSSR count). The van der Waals surface area contributed by atoms with E-state index in [9.17, 15) is 14.0 Å². The van der Waals surface area contributed by atoms with Crippen molar-refractivity contribution in [3.05, 3.63) is 108 Å². The first-order valence-electron chi connectivity index (χ1n) is 13.4. The minimum atomic E-state index is -0.656. The smallest absolute Gasteiger partial charge is 0.251 e. The maximum Gasteiger partial charge on any atom is 0.251 e. The van der Waals surface area contributed by atoms with Gasteiger partial charge in [-0.1, -0.05) is 30.3 Å². The molecule has 0 bridgehead atoms. The molecular formula is C32H26F2N4O4S2. The molecule has 5 aromatic rings. The number of nitrogens with zero attached hydrogens (tertiary/aromatic N) is 1. The van der Waals surface area contributed by atoms with Crippen molar-refractivity contribution < 1.29 is 27.8 Å². The van der Waals surface area contributed by atoms with Gasteiger partial charge in [0.1, 0.15) is 11.6 Å². The fourth-order valence-electron chi connectivity index (χ4n) is 4.22. The van der Waals surface area contributed by atoms with Gasteiger partial charge in [-0.3, -0.25) is 14.6 Å². The highest BCUT2D eigenvalue weighted by Crippen LogP contribution is 2.39. The lowest BCUT2D eigenvalue weighted by atomic mass is 10.1. The summed E-state index contributed by atoms with van der Waals surface area (Å²) in [6.07, 6.45) is 1.39. The zero-order valence-corrected chi connectivity index (χ0v) is 25.0. The molecule has 2 heterocycles. The minimum absolute atomic E-state index is 0.0173. The standard InChI is InChI=1S/C32H26F2N4O4S2/c1-41-15-14-36-31(40)20-8-6-19(7-9-20)28-18-25-30(44-28)27(12-13-35-25)42-26-11-10-22(17-24(26)34)37-32(43)38-29(39)16-21-4-2-3-5-23(21)33/h2-13,17-18H,14-16H2,1H3,(H,36,40)(H2,37,38,39,43). The third kappa shape index (κ3) is 7.59. The number of benzene rings is 3. The van der Waals surface area contributed by atoms with Crippen LogP contribution < -0.4 is 20.7 Å². The quantitative estimate of drug-likeness (QED) is 0.120. The lowest BCUT2D eigenvalue weighted by molar-refractivity contribution is -0.119. The maximum atomic E-state index is 15.1. The minimum Gasteiger partial charge on any atom is -0.453 e. The Balaban J connectivity index is 1.24. The molecule has 3 N–H and O–H groups in total. The Kier molecular flexibility index (Phi) is 9.85. The van der Waals surface area contributed by atoms with Crippen LogP contribution in [0.25, 0.3) is 20.7 Å². The van der Waals surface area contributed by atoms with Crippen LogP contribution in [0, 0.1) is 11.6 Å². The van der Waals surface area contributed by atoms with Crippen LogP contribution in [0.15, 0.2) is 85.1 Å². The van der Waals surface area contributed by atoms with Gasteiger partial charge < -0.3 is 25.4 Å². The zero-order chi connectivity index (χ0) is 31.1. The van der Waals surface area contributed by atoms with Crippen molar-refractivity contribution >= 4 is 56.4 Å². The van der Waals surface area contributed by atoms with Crippen molar-refractivity contribution in [3.63, 3.8) is 0 Å². The number of carbonyl (C=O) groups is 2. The highest BCUT2D eigenvalue weighted by atomic mass is 32.1. The van der Waals surface area contributed by atoms with Crippen molar-refractivity contribution in [1.29, 1.82) is 0 Å². The fraction of sp³-hybridized carbons (Fsp3) is 0.125. The molecule has 0 aliphatic carbocycles. The molecule has 0 fully saturated rings. The van der Waals surface area contributed by atoms with E-state index in [1.54, 1.807) is 43.6 Å². The number of halogens is 2. The first-order chi connectivity index (χ1) is 21.3. The van der Waals surface area contributed by atoms with Crippen molar-refractivity contribution in [1.82, 2.24) is 15.6 Å². The summed E-state index contributed by atoms with van der Waals surface area (Å²) in [4.78, 5) is 29.9. The number of rotatable bonds is 10. The number of aromatic nitrogens is 1. The first-order valence-corrected chi connectivity index (χ1v) is 14.6. The molecule has 0 atom stereocenters. The van der Waals surface area contributed by atoms with Gasteiger partial charge in [0.25, 0.3) is 5.91 Å². The van der Waals surface area contributed by atoms with Crippen LogP contribution in [0.1, 0.15) is 15.9 Å². The predicted molar refractivity (Wildman–Crippen MR) is 170 cm³/mol. The Labute approximate surface area is 261 Å². The SMILES string of the molecule is COCCNC(=O)c1ccc(-c2cc3nccc(Oc4ccc(NC(=S)NC(=O)Cc5ccccc5F)cc4F)c3s2)cc1. The lowest BCUT2D eigenvalue weighted by Crippen LogP contribution is -2.35. The number of methoxy groups -OCH3 is 1. The number of nitrogens with one attached hydrogen (secondary N) is 3. The van der Waals surface area contributed by atoms with Crippen LogP contribution in [0.3, 0.4) is 0 Å². The number of thiophene rings is 1. The van der Waals surface area contributed by atoms with Crippen LogP contribution >= 0.6 is 23.6 Å². The van der Waals surface area contributed by atoms with E-state index in [2.05, 4.69) is 20.9 Å². The maximum absolute atomic E-state index is 15.1. The molecule has 0 aliphatic rings. The average Bonchev–Trinajstić information content (AvgIpc) is 3.45. The van der Waals surface area contributed by atoms with Gasteiger partial charge in [-0.05, 0) is 59.7 Å². The molecular weight excluding hydrogens is 607 g/mol. The number of hydrogen-bond acceptors (Lipinski definition) is 7. The third-order valence-electron chi connectivity index (χ3n) is 6.37. The molecule has 0 saturated heterocycles. The molecule has 2 amide bonds. The summed E-state index contributed by atoms with van der Waals surface area (Å²) in [6.45, 7) is 0.854. The van der Waals surface area contributed by atoms with Gasteiger partial charge in [-0.15, -0.1) is 11.3 Å². The van der Waals surface area contributed by atoms with E-state index in [1.165, 1.54) is 41.7 Å². The van der Waals surface area contributed by atoms with Crippen LogP contribution in [0.4, 0.5) is 14.5 Å². The first kappa shape index (κ1) is 30.7. The van der Waals surface area contributed by atoms with Crippen molar-refractivity contribution in [3.8, 4) is 21.9 Å². The van der Waals surface area contributed by atoms with Crippen molar-refractivity contribution in [2.75, 3.05) is 25.6 Å². The number of hydrogen-bond donors (Lipinski definition) is 3. The summed E-state index contributed by atoms with van der Waals surface area (Å²) in [5, 5.41) is 7.95. The molecule has 8 nitrogen and oxygen atoms in total. The summed E-state index contributed by atoms with van der Waals surface area (Å²) in [7, 11) is 1.57. The average molecular weight is 633 g/mol. The fourth-order valence-corrected chi connectivity index (χ4v) is 5.52. The van der Waals surface area contributed by atoms with Gasteiger partial charge in [0, 0.05) is 48.1 Å². The summed E-state index contributed by atoms with van der Waals surface area (Å²) in [5.74, 6) is -1.43. The third-order valence-corrected chi connectivity index (χ3v) is 7.76. The van der Waals surface area contributed by atoms with Gasteiger partial charge in [0.15, 0.2) is 16.7 Å². The Bertz CT molecular complexity index is 1830. The van der Waals surface area contributed by atoms with E-state index in [1.807, 2.05) is 18.2 Å². The Morgan fingerprint density at radius 3 is 2.50 bits per heavy atom. The van der Waals surface area contributed by atoms with Crippen LogP contribution in [-0.4, -0.2) is 42.2 Å². The molecule has 0 aliphatic heterocycles. The number of carbonyl (C=O) groups excluding carboxylic acids is 2. The van der Waals surface area contributed by atoms with E-state index in [0.717, 1.165) is 15.1 Å². The second kappa shape index (κ2) is 14.1. The normalized spacial score (nSPS) is 10.8. The van der Waals surface area contributed by atoms with Gasteiger partial charge >= 0.3 is 0 Å². The molecule has 0 radical (unpaired) electrons. The summed E-state index contributed by atoms with van der Waals surface area (Å²) < 4.78 is 40.5. The molecule has 0 saturated carbocycles.